The lowest BCUT2D eigenvalue weighted by Crippen LogP contribution is -2.40. The summed E-state index contributed by atoms with van der Waals surface area (Å²) in [5.74, 6) is 4.32. The first-order chi connectivity index (χ1) is 8.79. The minimum absolute atomic E-state index is 0.422. The Morgan fingerprint density at radius 2 is 2.00 bits per heavy atom. The minimum atomic E-state index is 0.422. The Bertz CT molecular complexity index is 267. The van der Waals surface area contributed by atoms with Gasteiger partial charge in [0.05, 0.1) is 0 Å². The van der Waals surface area contributed by atoms with Gasteiger partial charge in [-0.25, -0.2) is 0 Å². The largest absolute Gasteiger partial charge is 0.342 e. The quantitative estimate of drug-likeness (QED) is 0.733. The van der Waals surface area contributed by atoms with Crippen LogP contribution >= 0.6 is 27.7 Å². The summed E-state index contributed by atoms with van der Waals surface area (Å²) < 4.78 is 0. The second-order valence-electron chi connectivity index (χ2n) is 5.59. The molecular formula is C14H24BrNOS. The summed E-state index contributed by atoms with van der Waals surface area (Å²) in [6.45, 7) is 2.00. The van der Waals surface area contributed by atoms with Crippen LogP contribution in [0.4, 0.5) is 0 Å². The van der Waals surface area contributed by atoms with Crippen LogP contribution in [0.15, 0.2) is 0 Å². The second-order valence-corrected chi connectivity index (χ2v) is 7.60. The first kappa shape index (κ1) is 14.7. The lowest BCUT2D eigenvalue weighted by atomic mass is 9.93. The van der Waals surface area contributed by atoms with E-state index in [0.29, 0.717) is 11.8 Å². The first-order valence-corrected chi connectivity index (χ1v) is 9.48. The SMILES string of the molecule is O=C(CC1CCSCC1)N1CCCC(CCBr)C1. The number of thioether (sulfide) groups is 1. The second kappa shape index (κ2) is 7.78. The topological polar surface area (TPSA) is 20.3 Å². The molecule has 1 atom stereocenters. The summed E-state index contributed by atoms with van der Waals surface area (Å²) in [6.07, 6.45) is 7.01. The van der Waals surface area contributed by atoms with Gasteiger partial charge in [0.1, 0.15) is 0 Å². The number of nitrogens with zero attached hydrogens (tertiary/aromatic N) is 1. The highest BCUT2D eigenvalue weighted by Crippen LogP contribution is 2.27. The van der Waals surface area contributed by atoms with Crippen molar-refractivity contribution in [2.24, 2.45) is 11.8 Å². The van der Waals surface area contributed by atoms with Crippen LogP contribution in [0.5, 0.6) is 0 Å². The Balaban J connectivity index is 1.76. The zero-order chi connectivity index (χ0) is 12.8. The summed E-state index contributed by atoms with van der Waals surface area (Å²) in [4.78, 5) is 14.5. The Kier molecular flexibility index (Phi) is 6.36. The average Bonchev–Trinajstić information content (AvgIpc) is 2.40. The predicted octanol–water partition coefficient (Wildman–Crippen LogP) is 3.54. The van der Waals surface area contributed by atoms with Gasteiger partial charge in [-0.3, -0.25) is 4.79 Å². The predicted molar refractivity (Wildman–Crippen MR) is 82.4 cm³/mol. The maximum absolute atomic E-state index is 12.3. The van der Waals surface area contributed by atoms with Crippen LogP contribution in [0.1, 0.15) is 38.5 Å². The number of hydrogen-bond donors (Lipinski definition) is 0. The highest BCUT2D eigenvalue weighted by molar-refractivity contribution is 9.09. The molecule has 0 aromatic carbocycles. The van der Waals surface area contributed by atoms with Crippen LogP contribution in [-0.2, 0) is 4.79 Å². The number of halogens is 1. The number of piperidine rings is 1. The van der Waals surface area contributed by atoms with Crippen LogP contribution < -0.4 is 0 Å². The Morgan fingerprint density at radius 3 is 2.72 bits per heavy atom. The lowest BCUT2D eigenvalue weighted by molar-refractivity contribution is -0.134. The standard InChI is InChI=1S/C14H24BrNOS/c15-6-3-13-2-1-7-16(11-13)14(17)10-12-4-8-18-9-5-12/h12-13H,1-11H2. The summed E-state index contributed by atoms with van der Waals surface area (Å²) in [6, 6.07) is 0. The van der Waals surface area contributed by atoms with E-state index < -0.39 is 0 Å². The molecule has 2 saturated heterocycles. The molecule has 18 heavy (non-hydrogen) atoms. The van der Waals surface area contributed by atoms with E-state index in [1.54, 1.807) is 0 Å². The lowest BCUT2D eigenvalue weighted by Gasteiger charge is -2.34. The van der Waals surface area contributed by atoms with Gasteiger partial charge in [-0.1, -0.05) is 15.9 Å². The normalized spacial score (nSPS) is 26.3. The minimum Gasteiger partial charge on any atom is -0.342 e. The number of rotatable bonds is 4. The van der Waals surface area contributed by atoms with Crippen LogP contribution in [0, 0.1) is 11.8 Å². The van der Waals surface area contributed by atoms with E-state index in [1.165, 1.54) is 43.6 Å². The third-order valence-corrected chi connectivity index (χ3v) is 5.70. The Labute approximate surface area is 123 Å². The van der Waals surface area contributed by atoms with Gasteiger partial charge >= 0.3 is 0 Å². The summed E-state index contributed by atoms with van der Waals surface area (Å²) in [7, 11) is 0. The zero-order valence-corrected chi connectivity index (χ0v) is 13.5. The molecule has 0 saturated carbocycles. The van der Waals surface area contributed by atoms with Gasteiger partial charge in [0.2, 0.25) is 5.91 Å². The van der Waals surface area contributed by atoms with Gasteiger partial charge in [-0.15, -0.1) is 0 Å². The molecule has 1 unspecified atom stereocenters. The smallest absolute Gasteiger partial charge is 0.222 e. The van der Waals surface area contributed by atoms with Crippen molar-refractivity contribution in [1.82, 2.24) is 4.90 Å². The summed E-state index contributed by atoms with van der Waals surface area (Å²) >= 11 is 5.55. The van der Waals surface area contributed by atoms with Gasteiger partial charge in [0.25, 0.3) is 0 Å². The fraction of sp³-hybridized carbons (Fsp3) is 0.929. The van der Waals surface area contributed by atoms with E-state index in [1.807, 2.05) is 11.8 Å². The van der Waals surface area contributed by atoms with E-state index in [9.17, 15) is 4.79 Å². The number of carbonyl (C=O) groups excluding carboxylic acids is 1. The van der Waals surface area contributed by atoms with E-state index in [4.69, 9.17) is 0 Å². The van der Waals surface area contributed by atoms with Crippen molar-refractivity contribution in [2.45, 2.75) is 38.5 Å². The molecular weight excluding hydrogens is 310 g/mol. The van der Waals surface area contributed by atoms with Gasteiger partial charge in [-0.05, 0) is 55.4 Å². The zero-order valence-electron chi connectivity index (χ0n) is 11.1. The average molecular weight is 334 g/mol. The van der Waals surface area contributed by atoms with Crippen LogP contribution in [0.2, 0.25) is 0 Å². The third kappa shape index (κ3) is 4.44. The first-order valence-electron chi connectivity index (χ1n) is 7.21. The van der Waals surface area contributed by atoms with Gasteiger partial charge in [0.15, 0.2) is 0 Å². The van der Waals surface area contributed by atoms with Crippen LogP contribution in [-0.4, -0.2) is 40.7 Å². The van der Waals surface area contributed by atoms with Crippen molar-refractivity contribution >= 4 is 33.6 Å². The Morgan fingerprint density at radius 1 is 1.22 bits per heavy atom. The molecule has 2 aliphatic heterocycles. The number of likely N-dealkylation sites (tertiary alicyclic amines) is 1. The molecule has 104 valence electrons. The third-order valence-electron chi connectivity index (χ3n) is 4.19. The van der Waals surface area contributed by atoms with Crippen molar-refractivity contribution in [2.75, 3.05) is 29.9 Å². The highest BCUT2D eigenvalue weighted by atomic mass is 79.9. The molecule has 0 aromatic rings. The molecule has 2 heterocycles. The van der Waals surface area contributed by atoms with Crippen molar-refractivity contribution in [3.05, 3.63) is 0 Å². The molecule has 0 bridgehead atoms. The summed E-state index contributed by atoms with van der Waals surface area (Å²) in [5.41, 5.74) is 0. The van der Waals surface area contributed by atoms with Gasteiger partial charge in [-0.2, -0.15) is 11.8 Å². The molecule has 2 aliphatic rings. The number of amides is 1. The fourth-order valence-electron chi connectivity index (χ4n) is 3.01. The molecule has 2 nitrogen and oxygen atoms in total. The highest BCUT2D eigenvalue weighted by Gasteiger charge is 2.25. The maximum atomic E-state index is 12.3. The van der Waals surface area contributed by atoms with Crippen molar-refractivity contribution in [1.29, 1.82) is 0 Å². The monoisotopic (exact) mass is 333 g/mol. The molecule has 2 rings (SSSR count). The molecule has 1 amide bonds. The number of alkyl halides is 1. The van der Waals surface area contributed by atoms with E-state index in [-0.39, 0.29) is 0 Å². The molecule has 2 fully saturated rings. The Hall–Kier alpha value is 0.300. The van der Waals surface area contributed by atoms with Gasteiger partial charge < -0.3 is 4.90 Å². The molecule has 0 spiro atoms. The van der Waals surface area contributed by atoms with E-state index in [0.717, 1.165) is 30.8 Å². The van der Waals surface area contributed by atoms with Crippen molar-refractivity contribution in [3.63, 3.8) is 0 Å². The van der Waals surface area contributed by atoms with Crippen LogP contribution in [0.25, 0.3) is 0 Å². The van der Waals surface area contributed by atoms with Gasteiger partial charge in [0, 0.05) is 24.8 Å². The molecule has 0 aliphatic carbocycles. The fourth-order valence-corrected chi connectivity index (χ4v) is 4.86. The maximum Gasteiger partial charge on any atom is 0.222 e. The van der Waals surface area contributed by atoms with Crippen molar-refractivity contribution in [3.8, 4) is 0 Å². The van der Waals surface area contributed by atoms with E-state index >= 15 is 0 Å². The molecule has 4 heteroatoms. The molecule has 0 aromatic heterocycles. The van der Waals surface area contributed by atoms with Crippen LogP contribution in [0.3, 0.4) is 0 Å². The van der Waals surface area contributed by atoms with Crippen molar-refractivity contribution < 1.29 is 4.79 Å². The molecule has 0 N–H and O–H groups in total. The molecule has 0 radical (unpaired) electrons. The number of hydrogen-bond acceptors (Lipinski definition) is 2. The number of carbonyl (C=O) groups is 1. The van der Waals surface area contributed by atoms with E-state index in [2.05, 4.69) is 20.8 Å². The summed E-state index contributed by atoms with van der Waals surface area (Å²) in [5, 5.41) is 1.07.